The van der Waals surface area contributed by atoms with Crippen LogP contribution in [0.25, 0.3) is 16.7 Å². The van der Waals surface area contributed by atoms with Crippen molar-refractivity contribution in [3.63, 3.8) is 0 Å². The smallest absolute Gasteiger partial charge is 0.406 e. The zero-order chi connectivity index (χ0) is 23.8. The van der Waals surface area contributed by atoms with Crippen molar-refractivity contribution >= 4 is 22.6 Å². The van der Waals surface area contributed by atoms with E-state index in [4.69, 9.17) is 0 Å². The third-order valence-electron chi connectivity index (χ3n) is 5.48. The van der Waals surface area contributed by atoms with Gasteiger partial charge in [0.25, 0.3) is 0 Å². The van der Waals surface area contributed by atoms with E-state index in [0.29, 0.717) is 35.5 Å². The summed E-state index contributed by atoms with van der Waals surface area (Å²) in [6.07, 6.45) is -2.43. The van der Waals surface area contributed by atoms with Crippen molar-refractivity contribution in [3.05, 3.63) is 54.9 Å². The van der Waals surface area contributed by atoms with Crippen LogP contribution < -0.4 is 15.0 Å². The first-order chi connectivity index (χ1) is 15.7. The van der Waals surface area contributed by atoms with Gasteiger partial charge < -0.3 is 20.1 Å². The van der Waals surface area contributed by atoms with E-state index in [9.17, 15) is 23.1 Å². The number of rotatable bonds is 7. The maximum atomic E-state index is 12.5. The summed E-state index contributed by atoms with van der Waals surface area (Å²) in [5.41, 5.74) is 2.36. The van der Waals surface area contributed by atoms with Gasteiger partial charge in [-0.15, -0.1) is 13.2 Å². The minimum absolute atomic E-state index is 0.107. The van der Waals surface area contributed by atoms with E-state index in [-0.39, 0.29) is 24.1 Å². The lowest BCUT2D eigenvalue weighted by Crippen LogP contribution is -2.51. The molecule has 8 nitrogen and oxygen atoms in total. The summed E-state index contributed by atoms with van der Waals surface area (Å²) < 4.78 is 42.9. The van der Waals surface area contributed by atoms with Crippen LogP contribution in [0.2, 0.25) is 0 Å². The number of amides is 1. The number of pyridine rings is 1. The van der Waals surface area contributed by atoms with Crippen molar-refractivity contribution in [3.8, 4) is 11.4 Å². The molecule has 0 bridgehead atoms. The Morgan fingerprint density at radius 1 is 1.33 bits per heavy atom. The van der Waals surface area contributed by atoms with E-state index in [1.165, 1.54) is 28.9 Å². The van der Waals surface area contributed by atoms with Crippen LogP contribution in [-0.4, -0.2) is 51.3 Å². The van der Waals surface area contributed by atoms with Crippen LogP contribution >= 0.6 is 0 Å². The Morgan fingerprint density at radius 3 is 2.64 bits per heavy atom. The number of fused-ring (bicyclic) bond motifs is 1. The third kappa shape index (κ3) is 4.77. The Morgan fingerprint density at radius 2 is 2.03 bits per heavy atom. The molecular weight excluding hydrogens is 439 g/mol. The fourth-order valence-corrected chi connectivity index (χ4v) is 3.71. The monoisotopic (exact) mass is 461 g/mol. The van der Waals surface area contributed by atoms with Crippen molar-refractivity contribution in [2.75, 3.05) is 18.0 Å². The zero-order valence-corrected chi connectivity index (χ0v) is 17.7. The molecule has 1 saturated heterocycles. The number of aliphatic hydroxyl groups is 1. The van der Waals surface area contributed by atoms with E-state index in [1.54, 1.807) is 13.1 Å². The first kappa shape index (κ1) is 22.6. The molecule has 0 spiro atoms. The minimum atomic E-state index is -4.78. The van der Waals surface area contributed by atoms with Gasteiger partial charge in [0.1, 0.15) is 5.75 Å². The number of nitrogens with one attached hydrogen (secondary N) is 1. The number of anilines is 1. The summed E-state index contributed by atoms with van der Waals surface area (Å²) in [6, 6.07) is 7.12. The van der Waals surface area contributed by atoms with Crippen LogP contribution in [0, 0.1) is 5.92 Å². The van der Waals surface area contributed by atoms with Gasteiger partial charge in [0.15, 0.2) is 5.65 Å². The molecule has 174 valence electrons. The first-order valence-electron chi connectivity index (χ1n) is 10.2. The summed E-state index contributed by atoms with van der Waals surface area (Å²) in [4.78, 5) is 18.3. The highest BCUT2D eigenvalue weighted by atomic mass is 19.4. The number of benzene rings is 1. The Bertz CT molecular complexity index is 1170. The molecule has 1 aliphatic heterocycles. The zero-order valence-electron chi connectivity index (χ0n) is 17.7. The van der Waals surface area contributed by atoms with Crippen molar-refractivity contribution in [1.82, 2.24) is 20.1 Å². The van der Waals surface area contributed by atoms with Gasteiger partial charge in [-0.1, -0.05) is 6.58 Å². The van der Waals surface area contributed by atoms with Crippen LogP contribution in [0.3, 0.4) is 0 Å². The topological polar surface area (TPSA) is 92.5 Å². The number of aromatic nitrogens is 3. The average molecular weight is 461 g/mol. The molecule has 1 aromatic carbocycles. The molecule has 2 N–H and O–H groups in total. The van der Waals surface area contributed by atoms with Crippen LogP contribution in [0.5, 0.6) is 5.75 Å². The predicted octanol–water partition coefficient (Wildman–Crippen LogP) is 2.94. The lowest BCUT2D eigenvalue weighted by atomic mass is 9.93. The number of carbonyl (C=O) groups is 1. The van der Waals surface area contributed by atoms with Crippen LogP contribution in [0.1, 0.15) is 12.6 Å². The number of nitrogens with zero attached hydrogens (tertiary/aromatic N) is 4. The molecule has 4 rings (SSSR count). The number of halogens is 3. The van der Waals surface area contributed by atoms with E-state index in [0.717, 1.165) is 11.8 Å². The molecule has 3 heterocycles. The van der Waals surface area contributed by atoms with Gasteiger partial charge in [0, 0.05) is 25.2 Å². The van der Waals surface area contributed by atoms with Crippen LogP contribution in [0.4, 0.5) is 18.9 Å². The number of hydrogen-bond donors (Lipinski definition) is 2. The van der Waals surface area contributed by atoms with Gasteiger partial charge in [0.2, 0.25) is 5.91 Å². The Hall–Kier alpha value is -3.60. The van der Waals surface area contributed by atoms with E-state index >= 15 is 0 Å². The number of alkyl halides is 3. The third-order valence-corrected chi connectivity index (χ3v) is 5.48. The maximum Gasteiger partial charge on any atom is 0.573 e. The van der Waals surface area contributed by atoms with Crippen molar-refractivity contribution < 1.29 is 27.8 Å². The predicted molar refractivity (Wildman–Crippen MR) is 115 cm³/mol. The summed E-state index contributed by atoms with van der Waals surface area (Å²) in [6.45, 7) is 6.62. The van der Waals surface area contributed by atoms with Gasteiger partial charge in [0.05, 0.1) is 35.1 Å². The van der Waals surface area contributed by atoms with E-state index in [2.05, 4.69) is 31.6 Å². The van der Waals surface area contributed by atoms with Crippen molar-refractivity contribution in [2.45, 2.75) is 25.9 Å². The second kappa shape index (κ2) is 8.74. The van der Waals surface area contributed by atoms with Gasteiger partial charge in [-0.25, -0.2) is 9.67 Å². The molecule has 0 aliphatic carbocycles. The molecule has 1 amide bonds. The lowest BCUT2D eigenvalue weighted by molar-refractivity contribution is -0.274. The Kier molecular flexibility index (Phi) is 5.98. The molecule has 0 saturated carbocycles. The molecule has 0 unspecified atom stereocenters. The lowest BCUT2D eigenvalue weighted by Gasteiger charge is -2.42. The van der Waals surface area contributed by atoms with Crippen molar-refractivity contribution in [2.24, 2.45) is 5.92 Å². The molecule has 1 aliphatic rings. The van der Waals surface area contributed by atoms with Crippen LogP contribution in [-0.2, 0) is 11.3 Å². The molecule has 33 heavy (non-hydrogen) atoms. The van der Waals surface area contributed by atoms with Crippen molar-refractivity contribution in [1.29, 1.82) is 0 Å². The van der Waals surface area contributed by atoms with Crippen LogP contribution in [0.15, 0.2) is 49.2 Å². The summed E-state index contributed by atoms with van der Waals surface area (Å²) in [5, 5.41) is 17.8. The normalized spacial score (nSPS) is 15.2. The second-order valence-corrected chi connectivity index (χ2v) is 7.76. The molecule has 3 aromatic rings. The largest absolute Gasteiger partial charge is 0.573 e. The SMILES string of the molecule is C=CC(=O)NCc1nn(-c2ccc(OC(F)(F)F)cc2)c2nccc(N3CC([C@@H](C)O)C3)c12. The minimum Gasteiger partial charge on any atom is -0.406 e. The molecule has 11 heteroatoms. The first-order valence-corrected chi connectivity index (χ1v) is 10.2. The quantitative estimate of drug-likeness (QED) is 0.526. The van der Waals surface area contributed by atoms with E-state index < -0.39 is 12.5 Å². The second-order valence-electron chi connectivity index (χ2n) is 7.76. The standard InChI is InChI=1S/C22H22F3N5O3/c1-3-19(32)27-10-17-20-18(29-11-14(12-29)13(2)31)8-9-26-21(20)30(28-17)15-4-6-16(7-5-15)33-22(23,24)25/h3-9,13-14,31H,1,10-12H2,2H3,(H,27,32)/t13-/m1/s1. The summed E-state index contributed by atoms with van der Waals surface area (Å²) in [5.74, 6) is -0.567. The summed E-state index contributed by atoms with van der Waals surface area (Å²) >= 11 is 0. The fourth-order valence-electron chi connectivity index (χ4n) is 3.71. The highest BCUT2D eigenvalue weighted by Crippen LogP contribution is 2.35. The average Bonchev–Trinajstić information content (AvgIpc) is 3.09. The molecule has 0 radical (unpaired) electrons. The van der Waals surface area contributed by atoms with E-state index in [1.807, 2.05) is 6.07 Å². The van der Waals surface area contributed by atoms with Gasteiger partial charge in [-0.2, -0.15) is 5.10 Å². The maximum absolute atomic E-state index is 12.5. The molecule has 1 atom stereocenters. The van der Waals surface area contributed by atoms with Gasteiger partial charge in [-0.05, 0) is 43.3 Å². The summed E-state index contributed by atoms with van der Waals surface area (Å²) in [7, 11) is 0. The highest BCUT2D eigenvalue weighted by molar-refractivity contribution is 5.94. The Labute approximate surface area is 187 Å². The highest BCUT2D eigenvalue weighted by Gasteiger charge is 2.33. The fraction of sp³-hybridized carbons (Fsp3) is 0.318. The molecule has 2 aromatic heterocycles. The molecule has 1 fully saturated rings. The number of hydrogen-bond acceptors (Lipinski definition) is 6. The van der Waals surface area contributed by atoms with Gasteiger partial charge in [-0.3, -0.25) is 4.79 Å². The molecular formula is C22H22F3N5O3. The van der Waals surface area contributed by atoms with Gasteiger partial charge >= 0.3 is 6.36 Å². The Balaban J connectivity index is 1.73. The number of ether oxygens (including phenoxy) is 1. The number of carbonyl (C=O) groups excluding carboxylic acids is 1. The number of aliphatic hydroxyl groups excluding tert-OH is 1.